The van der Waals surface area contributed by atoms with Gasteiger partial charge >= 0.3 is 0 Å². The van der Waals surface area contributed by atoms with Crippen LogP contribution in [0.2, 0.25) is 0 Å². The molecule has 4 aliphatic rings. The summed E-state index contributed by atoms with van der Waals surface area (Å²) < 4.78 is 14.7. The number of nitrogens with one attached hydrogen (secondary N) is 2. The van der Waals surface area contributed by atoms with Gasteiger partial charge in [-0.1, -0.05) is 84.3 Å². The second-order valence-corrected chi connectivity index (χ2v) is 20.2. The Morgan fingerprint density at radius 1 is 0.488 bits per heavy atom. The van der Waals surface area contributed by atoms with Crippen LogP contribution in [0.5, 0.6) is 11.5 Å². The topological polar surface area (TPSA) is 130 Å². The maximum Gasteiger partial charge on any atom is 0.204 e. The number of aryl methyl sites for hydroxylation is 2. The van der Waals surface area contributed by atoms with E-state index in [-0.39, 0.29) is 11.2 Å². The summed E-state index contributed by atoms with van der Waals surface area (Å²) in [6.07, 6.45) is 3.50. The third-order valence-electron chi connectivity index (χ3n) is 14.2. The molecular weight excluding hydrogens is 1040 g/mol. The summed E-state index contributed by atoms with van der Waals surface area (Å²) in [5.74, 6) is 3.31. The van der Waals surface area contributed by atoms with Gasteiger partial charge in [0.2, 0.25) is 5.82 Å². The Kier molecular flexibility index (Phi) is 24.5. The summed E-state index contributed by atoms with van der Waals surface area (Å²) in [6.45, 7) is 10.5. The predicted octanol–water partition coefficient (Wildman–Crippen LogP) is 2.53. The molecule has 6 heterocycles. The summed E-state index contributed by atoms with van der Waals surface area (Å²) in [4.78, 5) is 1.48. The Hall–Kier alpha value is -8.28. The monoisotopic (exact) mass is 1090 g/mol. The fourth-order valence-electron chi connectivity index (χ4n) is 10.1. The van der Waals surface area contributed by atoms with Gasteiger partial charge in [0.25, 0.3) is 0 Å². The van der Waals surface area contributed by atoms with Gasteiger partial charge in [0.05, 0.1) is 7.05 Å². The van der Waals surface area contributed by atoms with Gasteiger partial charge in [0, 0.05) is 169 Å². The van der Waals surface area contributed by atoms with Gasteiger partial charge in [0.1, 0.15) is 22.7 Å². The zero-order chi connectivity index (χ0) is 61.5. The molecule has 0 amide bonds. The highest BCUT2D eigenvalue weighted by Gasteiger charge is 2.40. The fraction of sp³-hybridized carbons (Fsp3) is 0.207. The van der Waals surface area contributed by atoms with E-state index >= 15 is 0 Å². The molecule has 0 atom stereocenters. The summed E-state index contributed by atoms with van der Waals surface area (Å²) >= 11 is 0. The lowest BCUT2D eigenvalue weighted by Gasteiger charge is -2.40. The lowest BCUT2D eigenvalue weighted by molar-refractivity contribution is 0.0814. The molecule has 0 bridgehead atoms. The van der Waals surface area contributed by atoms with Crippen molar-refractivity contribution in [2.24, 2.45) is 14.1 Å². The molecular formula is C58H46B16N10O2. The smallest absolute Gasteiger partial charge is 0.204 e. The number of ether oxygens (including phenoxy) is 2. The van der Waals surface area contributed by atoms with Crippen LogP contribution in [0.4, 0.5) is 0 Å². The molecule has 2 fully saturated rings. The van der Waals surface area contributed by atoms with Gasteiger partial charge < -0.3 is 20.1 Å². The number of aromatic nitrogens is 8. The van der Waals surface area contributed by atoms with Crippen molar-refractivity contribution in [1.82, 2.24) is 51.0 Å². The highest BCUT2D eigenvalue weighted by Crippen LogP contribution is 2.44. The van der Waals surface area contributed by atoms with E-state index in [0.717, 1.165) is 103 Å². The van der Waals surface area contributed by atoms with E-state index < -0.39 is 44.7 Å². The first-order valence-corrected chi connectivity index (χ1v) is 27.5. The SMILES string of the molecule is C=C=C=C=C=C=C=C=C=C=C=C=C=C=C=C.Cn1nnc(-c2cccc(C3=CC4(CCNCC4)Oc4ccccc43)c2)n1.Cn1nnnc1-c1cccc(C2=CC3(CCNCC3)Oc3ccccc32)c1.[B]B([B])B([B])B(B([B])[B])B(B([B])[B])B([B])[B]. The first kappa shape index (κ1) is 65.3. The average molecular weight is 1090 g/mol. The van der Waals surface area contributed by atoms with Crippen LogP contribution in [-0.4, -0.2) is 192 Å². The van der Waals surface area contributed by atoms with E-state index in [9.17, 15) is 0 Å². The molecule has 0 saturated carbocycles. The van der Waals surface area contributed by atoms with Crippen LogP contribution in [-0.2, 0) is 14.1 Å². The molecule has 0 aliphatic carbocycles. The van der Waals surface area contributed by atoms with Crippen molar-refractivity contribution in [1.29, 1.82) is 0 Å². The minimum absolute atomic E-state index is 0.239. The van der Waals surface area contributed by atoms with E-state index in [1.54, 1.807) is 11.7 Å². The highest BCUT2D eigenvalue weighted by molar-refractivity contribution is 8.13. The molecule has 10 rings (SSSR count). The number of tetrazole rings is 2. The van der Waals surface area contributed by atoms with E-state index in [1.807, 2.05) is 31.3 Å². The van der Waals surface area contributed by atoms with Gasteiger partial charge in [-0.05, 0) is 182 Å². The van der Waals surface area contributed by atoms with Gasteiger partial charge in [-0.2, -0.15) is 4.80 Å². The maximum atomic E-state index is 6.48. The fourth-order valence-corrected chi connectivity index (χ4v) is 10.1. The summed E-state index contributed by atoms with van der Waals surface area (Å²) in [5.41, 5.74) is 42.9. The van der Waals surface area contributed by atoms with Crippen LogP contribution >= 0.6 is 0 Å². The lowest BCUT2D eigenvalue weighted by Crippen LogP contribution is -2.75. The zero-order valence-electron chi connectivity index (χ0n) is 48.1. The highest BCUT2D eigenvalue weighted by atomic mass is 16.5. The number of hydrogen-bond acceptors (Lipinski definition) is 10. The molecule has 0 unspecified atom stereocenters. The Morgan fingerprint density at radius 2 is 0.907 bits per heavy atom. The third kappa shape index (κ3) is 17.9. The van der Waals surface area contributed by atoms with Crippen molar-refractivity contribution in [2.45, 2.75) is 36.9 Å². The predicted molar refractivity (Wildman–Crippen MR) is 359 cm³/mol. The Morgan fingerprint density at radius 3 is 1.30 bits per heavy atom. The van der Waals surface area contributed by atoms with Crippen molar-refractivity contribution in [2.75, 3.05) is 26.2 Å². The molecule has 6 aromatic rings. The Bertz CT molecular complexity index is 3910. The zero-order valence-corrected chi connectivity index (χ0v) is 48.1. The second kappa shape index (κ2) is 32.3. The molecule has 2 aromatic heterocycles. The van der Waals surface area contributed by atoms with E-state index in [4.69, 9.17) is 79.1 Å². The lowest BCUT2D eigenvalue weighted by atomic mass is 8.44. The van der Waals surface area contributed by atoms with Crippen LogP contribution in [0.15, 0.2) is 203 Å². The first-order chi connectivity index (χ1) is 41.6. The molecule has 388 valence electrons. The van der Waals surface area contributed by atoms with Crippen molar-refractivity contribution in [3.63, 3.8) is 0 Å². The van der Waals surface area contributed by atoms with Gasteiger partial charge in [0.15, 0.2) is 5.82 Å². The summed E-state index contributed by atoms with van der Waals surface area (Å²) in [5, 5.41) is 31.2. The van der Waals surface area contributed by atoms with Crippen molar-refractivity contribution in [3.8, 4) is 34.3 Å². The van der Waals surface area contributed by atoms with Crippen molar-refractivity contribution in [3.05, 3.63) is 225 Å². The molecule has 18 radical (unpaired) electrons. The van der Waals surface area contributed by atoms with Crippen LogP contribution < -0.4 is 20.1 Å². The average Bonchev–Trinajstić information content (AvgIpc) is 0.986. The van der Waals surface area contributed by atoms with Crippen LogP contribution in [0, 0.1) is 0 Å². The molecule has 2 spiro atoms. The largest absolute Gasteiger partial charge is 0.482 e. The minimum Gasteiger partial charge on any atom is -0.482 e. The van der Waals surface area contributed by atoms with Gasteiger partial charge in [-0.3, -0.25) is 0 Å². The summed E-state index contributed by atoms with van der Waals surface area (Å²) in [6, 6.07) is 33.4. The van der Waals surface area contributed by atoms with Crippen LogP contribution in [0.25, 0.3) is 33.9 Å². The van der Waals surface area contributed by atoms with Gasteiger partial charge in [-0.25, -0.2) is 4.68 Å². The third-order valence-corrected chi connectivity index (χ3v) is 14.2. The van der Waals surface area contributed by atoms with Crippen molar-refractivity contribution >= 4 is 125 Å². The quantitative estimate of drug-likeness (QED) is 0.156. The number of nitrogens with zero attached hydrogens (tertiary/aromatic N) is 8. The minimum atomic E-state index is -0.807. The van der Waals surface area contributed by atoms with Gasteiger partial charge in [-0.15, -0.1) is 15.3 Å². The van der Waals surface area contributed by atoms with E-state index in [1.165, 1.54) is 15.9 Å². The number of benzene rings is 4. The number of hydrogen-bond donors (Lipinski definition) is 2. The second-order valence-electron chi connectivity index (χ2n) is 20.2. The molecule has 4 aliphatic heterocycles. The molecule has 2 N–H and O–H groups in total. The number of rotatable bonds is 10. The maximum absolute atomic E-state index is 6.48. The van der Waals surface area contributed by atoms with Crippen molar-refractivity contribution < 1.29 is 9.47 Å². The molecule has 86 heavy (non-hydrogen) atoms. The van der Waals surface area contributed by atoms with Crippen LogP contribution in [0.3, 0.4) is 0 Å². The molecule has 4 aromatic carbocycles. The molecule has 12 nitrogen and oxygen atoms in total. The molecule has 2 saturated heterocycles. The number of piperidine rings is 2. The van der Waals surface area contributed by atoms with E-state index in [0.29, 0.717) is 5.82 Å². The standard InChI is InChI=1S/2C21H21N5O.C16H4.B16/c1-26-20(23-24-25-26)16-6-4-5-15(13-16)18-14-21(9-11-22-12-10-21)27-19-8-3-2-7-17(18)19;1-26-24-20(23-25-26)16-6-4-5-15(13-16)18-14-21(9-11-22-12-10-21)27-19-8-3-2-7-17(18)19;1-3-5-7-9-11-13-15-16-14-12-10-8-6-4-2;1-10(2)14(9)16(13(7)8)15(11(3)4)12(5)6/h2*2-8,13-14,22H,9-12H2,1H3;1-2H2;. The number of para-hydroxylation sites is 2. The normalized spacial score (nSPS) is 13.6. The van der Waals surface area contributed by atoms with E-state index in [2.05, 4.69) is 220 Å². The summed E-state index contributed by atoms with van der Waals surface area (Å²) in [7, 11) is 54.0. The molecule has 28 heteroatoms. The van der Waals surface area contributed by atoms with Crippen LogP contribution in [0.1, 0.15) is 47.9 Å². The number of fused-ring (bicyclic) bond motifs is 2. The Labute approximate surface area is 519 Å². The Balaban J connectivity index is 0.000000170. The first-order valence-electron chi connectivity index (χ1n) is 27.5.